The number of carbonyl (C=O) groups is 3. The predicted molar refractivity (Wildman–Crippen MR) is 102 cm³/mol. The monoisotopic (exact) mass is 402 g/mol. The molecule has 1 aliphatic heterocycles. The third-order valence-corrected chi connectivity index (χ3v) is 4.18. The van der Waals surface area contributed by atoms with Gasteiger partial charge >= 0.3 is 5.97 Å². The van der Waals surface area contributed by atoms with Gasteiger partial charge in [0.15, 0.2) is 0 Å². The maximum absolute atomic E-state index is 14.0. The van der Waals surface area contributed by atoms with E-state index in [4.69, 9.17) is 16.3 Å². The minimum Gasteiger partial charge on any atom is -0.459 e. The lowest BCUT2D eigenvalue weighted by Gasteiger charge is -2.15. The first kappa shape index (κ1) is 19.6. The Bertz CT molecular complexity index is 1000. The van der Waals surface area contributed by atoms with Crippen molar-refractivity contribution in [3.8, 4) is 0 Å². The first-order chi connectivity index (χ1) is 13.3. The van der Waals surface area contributed by atoms with E-state index in [9.17, 15) is 18.8 Å². The molecular weight excluding hydrogens is 387 g/mol. The molecule has 0 atom stereocenters. The fourth-order valence-corrected chi connectivity index (χ4v) is 2.83. The van der Waals surface area contributed by atoms with Crippen LogP contribution in [0.3, 0.4) is 0 Å². The van der Waals surface area contributed by atoms with E-state index in [0.717, 1.165) is 6.07 Å². The Kier molecular flexibility index (Phi) is 5.46. The van der Waals surface area contributed by atoms with E-state index in [1.807, 2.05) is 0 Å². The zero-order valence-corrected chi connectivity index (χ0v) is 15.8. The van der Waals surface area contributed by atoms with E-state index < -0.39 is 23.6 Å². The van der Waals surface area contributed by atoms with Gasteiger partial charge in [-0.05, 0) is 44.2 Å². The van der Waals surface area contributed by atoms with Crippen LogP contribution in [0.2, 0.25) is 0 Å². The highest BCUT2D eigenvalue weighted by atomic mass is 35.5. The topological polar surface area (TPSA) is 75.7 Å². The summed E-state index contributed by atoms with van der Waals surface area (Å²) in [4.78, 5) is 37.8. The summed E-state index contributed by atoms with van der Waals surface area (Å²) in [6.07, 6.45) is -0.287. The maximum Gasteiger partial charge on any atom is 0.338 e. The summed E-state index contributed by atoms with van der Waals surface area (Å²) in [5, 5.41) is 2.37. The number of para-hydroxylation sites is 1. The van der Waals surface area contributed by atoms with E-state index in [1.165, 1.54) is 24.3 Å². The molecule has 2 amide bonds. The van der Waals surface area contributed by atoms with Gasteiger partial charge in [0.1, 0.15) is 16.5 Å². The highest BCUT2D eigenvalue weighted by Gasteiger charge is 2.40. The van der Waals surface area contributed by atoms with Gasteiger partial charge in [0.2, 0.25) is 0 Å². The second-order valence-corrected chi connectivity index (χ2v) is 6.62. The number of nitrogens with zero attached hydrogens (tertiary/aromatic N) is 1. The summed E-state index contributed by atoms with van der Waals surface area (Å²) >= 11 is 6.03. The molecule has 1 N–H and O–H groups in total. The fraction of sp³-hybridized carbons (Fsp3) is 0.150. The van der Waals surface area contributed by atoms with E-state index in [-0.39, 0.29) is 28.1 Å². The fourth-order valence-electron chi connectivity index (χ4n) is 2.61. The minimum absolute atomic E-state index is 0.193. The molecule has 0 saturated carbocycles. The molecular formula is C20H16ClFN2O4. The molecule has 0 aromatic heterocycles. The van der Waals surface area contributed by atoms with Crippen molar-refractivity contribution in [3.05, 3.63) is 70.6 Å². The van der Waals surface area contributed by atoms with Crippen LogP contribution in [-0.2, 0) is 14.3 Å². The van der Waals surface area contributed by atoms with Gasteiger partial charge in [0.05, 0.1) is 17.4 Å². The first-order valence-electron chi connectivity index (χ1n) is 8.40. The lowest BCUT2D eigenvalue weighted by Crippen LogP contribution is -2.33. The van der Waals surface area contributed by atoms with Crippen LogP contribution in [0.1, 0.15) is 24.2 Å². The lowest BCUT2D eigenvalue weighted by atomic mass is 10.2. The molecule has 0 bridgehead atoms. The quantitative estimate of drug-likeness (QED) is 0.607. The number of ether oxygens (including phenoxy) is 1. The van der Waals surface area contributed by atoms with Crippen molar-refractivity contribution < 1.29 is 23.5 Å². The number of imide groups is 1. The van der Waals surface area contributed by atoms with Gasteiger partial charge in [0, 0.05) is 5.69 Å². The molecule has 0 aliphatic carbocycles. The highest BCUT2D eigenvalue weighted by Crippen LogP contribution is 2.31. The number of carbonyl (C=O) groups excluding carboxylic acids is 3. The molecule has 1 heterocycles. The average Bonchev–Trinajstić information content (AvgIpc) is 2.86. The highest BCUT2D eigenvalue weighted by molar-refractivity contribution is 6.53. The van der Waals surface area contributed by atoms with Crippen LogP contribution in [0.4, 0.5) is 15.8 Å². The summed E-state index contributed by atoms with van der Waals surface area (Å²) < 4.78 is 19.2. The predicted octanol–water partition coefficient (Wildman–Crippen LogP) is 3.83. The zero-order chi connectivity index (χ0) is 20.4. The molecule has 8 heteroatoms. The number of hydrogen-bond donors (Lipinski definition) is 1. The van der Waals surface area contributed by atoms with Gasteiger partial charge in [-0.2, -0.15) is 0 Å². The van der Waals surface area contributed by atoms with Gasteiger partial charge in [-0.15, -0.1) is 0 Å². The second kappa shape index (κ2) is 7.82. The van der Waals surface area contributed by atoms with E-state index in [2.05, 4.69) is 5.32 Å². The second-order valence-electron chi connectivity index (χ2n) is 6.25. The standard InChI is InChI=1S/C20H16ClFN2O4/c1-11(2)28-20(27)12-6-5-7-13(10-12)23-17-16(21)18(25)24(19(17)26)15-9-4-3-8-14(15)22/h3-11,23H,1-2H3. The molecule has 0 radical (unpaired) electrons. The summed E-state index contributed by atoms with van der Waals surface area (Å²) in [6, 6.07) is 11.6. The SMILES string of the molecule is CC(C)OC(=O)c1cccc(NC2=C(Cl)C(=O)N(c3ccccc3F)C2=O)c1. The Morgan fingerprint density at radius 3 is 2.50 bits per heavy atom. The number of amides is 2. The number of anilines is 2. The molecule has 0 fully saturated rings. The molecule has 0 spiro atoms. The first-order valence-corrected chi connectivity index (χ1v) is 8.78. The Morgan fingerprint density at radius 2 is 1.82 bits per heavy atom. The van der Waals surface area contributed by atoms with E-state index >= 15 is 0 Å². The van der Waals surface area contributed by atoms with Crippen molar-refractivity contribution >= 4 is 40.8 Å². The van der Waals surface area contributed by atoms with Crippen molar-refractivity contribution in [2.45, 2.75) is 20.0 Å². The molecule has 144 valence electrons. The third-order valence-electron chi connectivity index (χ3n) is 3.83. The van der Waals surface area contributed by atoms with Gasteiger partial charge < -0.3 is 10.1 Å². The molecule has 6 nitrogen and oxygen atoms in total. The Hall–Kier alpha value is -3.19. The van der Waals surface area contributed by atoms with Crippen molar-refractivity contribution in [2.24, 2.45) is 0 Å². The zero-order valence-electron chi connectivity index (χ0n) is 15.0. The van der Waals surface area contributed by atoms with E-state index in [0.29, 0.717) is 10.6 Å². The number of halogens is 2. The molecule has 0 unspecified atom stereocenters. The molecule has 3 rings (SSSR count). The van der Waals surface area contributed by atoms with Crippen LogP contribution in [-0.4, -0.2) is 23.9 Å². The summed E-state index contributed by atoms with van der Waals surface area (Å²) in [5.41, 5.74) is 0.215. The number of hydrogen-bond acceptors (Lipinski definition) is 5. The van der Waals surface area contributed by atoms with Crippen molar-refractivity contribution in [3.63, 3.8) is 0 Å². The van der Waals surface area contributed by atoms with Gasteiger partial charge in [0.25, 0.3) is 11.8 Å². The largest absolute Gasteiger partial charge is 0.459 e. The average molecular weight is 403 g/mol. The molecule has 0 saturated heterocycles. The lowest BCUT2D eigenvalue weighted by molar-refractivity contribution is -0.120. The van der Waals surface area contributed by atoms with Gasteiger partial charge in [-0.1, -0.05) is 29.8 Å². The Morgan fingerprint density at radius 1 is 1.11 bits per heavy atom. The number of benzene rings is 2. The van der Waals surface area contributed by atoms with Crippen LogP contribution in [0.15, 0.2) is 59.3 Å². The third kappa shape index (κ3) is 3.75. The van der Waals surface area contributed by atoms with Crippen LogP contribution >= 0.6 is 11.6 Å². The van der Waals surface area contributed by atoms with Crippen molar-refractivity contribution in [2.75, 3.05) is 10.2 Å². The summed E-state index contributed by atoms with van der Waals surface area (Å²) in [7, 11) is 0. The van der Waals surface area contributed by atoms with Crippen LogP contribution in [0, 0.1) is 5.82 Å². The Labute approximate surface area is 165 Å². The van der Waals surface area contributed by atoms with Crippen molar-refractivity contribution in [1.29, 1.82) is 0 Å². The number of rotatable bonds is 5. The van der Waals surface area contributed by atoms with Gasteiger partial charge in [-0.25, -0.2) is 14.1 Å². The van der Waals surface area contributed by atoms with E-state index in [1.54, 1.807) is 32.0 Å². The smallest absolute Gasteiger partial charge is 0.338 e. The number of esters is 1. The Balaban J connectivity index is 1.87. The molecule has 2 aromatic carbocycles. The van der Waals surface area contributed by atoms with Crippen molar-refractivity contribution in [1.82, 2.24) is 0 Å². The van der Waals surface area contributed by atoms with Gasteiger partial charge in [-0.3, -0.25) is 9.59 Å². The van der Waals surface area contributed by atoms with Crippen LogP contribution in [0.5, 0.6) is 0 Å². The molecule has 1 aliphatic rings. The van der Waals surface area contributed by atoms with Crippen LogP contribution < -0.4 is 10.2 Å². The maximum atomic E-state index is 14.0. The normalized spacial score (nSPS) is 14.1. The number of nitrogens with one attached hydrogen (secondary N) is 1. The summed E-state index contributed by atoms with van der Waals surface area (Å²) in [5.74, 6) is -2.89. The molecule has 2 aromatic rings. The molecule has 28 heavy (non-hydrogen) atoms. The minimum atomic E-state index is -0.838. The van der Waals surface area contributed by atoms with Crippen LogP contribution in [0.25, 0.3) is 0 Å². The summed E-state index contributed by atoms with van der Waals surface area (Å²) in [6.45, 7) is 3.45.